The first kappa shape index (κ1) is 20.3. The van der Waals surface area contributed by atoms with Crippen molar-refractivity contribution in [3.8, 4) is 0 Å². The van der Waals surface area contributed by atoms with Crippen LogP contribution in [0.1, 0.15) is 18.9 Å². The molecule has 0 saturated carbocycles. The average Bonchev–Trinajstić information content (AvgIpc) is 3.43. The lowest BCUT2D eigenvalue weighted by Crippen LogP contribution is -2.38. The summed E-state index contributed by atoms with van der Waals surface area (Å²) in [5.41, 5.74) is 1.42. The summed E-state index contributed by atoms with van der Waals surface area (Å²) in [6, 6.07) is 10.0. The highest BCUT2D eigenvalue weighted by molar-refractivity contribution is 7.91. The Balaban J connectivity index is 1.74. The molecule has 0 unspecified atom stereocenters. The van der Waals surface area contributed by atoms with Crippen LogP contribution in [0, 0.1) is 0 Å². The van der Waals surface area contributed by atoms with Crippen LogP contribution in [0.25, 0.3) is 22.1 Å². The number of hydrogen-bond donors (Lipinski definition) is 3. The smallest absolute Gasteiger partial charge is 0.407 e. The zero-order valence-electron chi connectivity index (χ0n) is 17.3. The van der Waals surface area contributed by atoms with Gasteiger partial charge in [-0.25, -0.2) is 23.2 Å². The number of carbonyl (C=O) groups is 1. The molecule has 4 heterocycles. The van der Waals surface area contributed by atoms with E-state index in [0.717, 1.165) is 5.39 Å². The molecule has 4 aromatic rings. The normalized spacial score (nSPS) is 15.5. The number of benzene rings is 1. The lowest BCUT2D eigenvalue weighted by Gasteiger charge is -2.31. The van der Waals surface area contributed by atoms with Crippen LogP contribution in [0.3, 0.4) is 0 Å². The van der Waals surface area contributed by atoms with Crippen molar-refractivity contribution in [3.05, 3.63) is 42.6 Å². The fraction of sp³-hybridized carbons (Fsp3) is 0.286. The Morgan fingerprint density at radius 1 is 1.16 bits per heavy atom. The average molecular weight is 455 g/mol. The number of amides is 1. The minimum absolute atomic E-state index is 0.0363. The van der Waals surface area contributed by atoms with Gasteiger partial charge in [0.2, 0.25) is 15.8 Å². The van der Waals surface area contributed by atoms with Gasteiger partial charge in [-0.05, 0) is 31.0 Å². The van der Waals surface area contributed by atoms with E-state index in [1.807, 2.05) is 10.6 Å². The highest BCUT2D eigenvalue weighted by atomic mass is 32.2. The molecule has 0 bridgehead atoms. The van der Waals surface area contributed by atoms with Crippen LogP contribution in [-0.2, 0) is 9.84 Å². The van der Waals surface area contributed by atoms with E-state index in [4.69, 9.17) is 0 Å². The Bertz CT molecular complexity index is 1420. The summed E-state index contributed by atoms with van der Waals surface area (Å²) < 4.78 is 29.0. The number of hydrogen-bond acceptors (Lipinski definition) is 6. The Hall–Kier alpha value is -3.60. The molecule has 0 spiro atoms. The van der Waals surface area contributed by atoms with Gasteiger partial charge in [0.25, 0.3) is 0 Å². The maximum absolute atomic E-state index is 13.5. The Labute approximate surface area is 183 Å². The molecule has 1 fully saturated rings. The van der Waals surface area contributed by atoms with Gasteiger partial charge in [0.05, 0.1) is 10.4 Å². The number of likely N-dealkylation sites (tertiary alicyclic amines) is 1. The Kier molecular flexibility index (Phi) is 4.77. The van der Waals surface area contributed by atoms with E-state index in [9.17, 15) is 18.3 Å². The van der Waals surface area contributed by atoms with Crippen LogP contribution in [0.2, 0.25) is 0 Å². The van der Waals surface area contributed by atoms with Gasteiger partial charge >= 0.3 is 6.09 Å². The maximum Gasteiger partial charge on any atom is 0.407 e. The number of sulfone groups is 1. The number of imidazole rings is 1. The molecule has 10 nitrogen and oxygen atoms in total. The van der Waals surface area contributed by atoms with Gasteiger partial charge in [0.15, 0.2) is 5.03 Å². The van der Waals surface area contributed by atoms with E-state index >= 15 is 0 Å². The molecule has 32 heavy (non-hydrogen) atoms. The van der Waals surface area contributed by atoms with Crippen molar-refractivity contribution >= 4 is 43.9 Å². The molecule has 1 aliphatic rings. The van der Waals surface area contributed by atoms with E-state index in [1.165, 1.54) is 4.90 Å². The Morgan fingerprint density at radius 3 is 2.53 bits per heavy atom. The molecule has 11 heteroatoms. The molecule has 1 aliphatic heterocycles. The second-order valence-electron chi connectivity index (χ2n) is 7.73. The molecule has 3 N–H and O–H groups in total. The summed E-state index contributed by atoms with van der Waals surface area (Å²) >= 11 is 0. The number of rotatable bonds is 4. The number of H-pyrrole nitrogens is 1. The third kappa shape index (κ3) is 3.08. The van der Waals surface area contributed by atoms with E-state index < -0.39 is 15.9 Å². The number of aromatic amines is 1. The molecule has 3 aromatic heterocycles. The first-order chi connectivity index (χ1) is 15.4. The standard InChI is InChI=1S/C21H22N6O4S/c1-22-20-24-16-17(27(20)13-8-11-26(12-9-13)21(28)29)15-7-10-23-18(15)25-19(16)32(30,31)14-5-3-2-4-6-14/h2-7,10,13H,8-9,11-12H2,1H3,(H,22,24)(H,23,25)(H,28,29). The molecule has 0 atom stereocenters. The number of carboxylic acid groups (broad SMARTS) is 1. The van der Waals surface area contributed by atoms with Gasteiger partial charge in [-0.15, -0.1) is 0 Å². The summed E-state index contributed by atoms with van der Waals surface area (Å²) in [6.45, 7) is 0.804. The van der Waals surface area contributed by atoms with Crippen LogP contribution in [-0.4, -0.2) is 64.2 Å². The second-order valence-corrected chi connectivity index (χ2v) is 9.59. The summed E-state index contributed by atoms with van der Waals surface area (Å²) in [5.74, 6) is 0.522. The molecular weight excluding hydrogens is 432 g/mol. The molecule has 5 rings (SSSR count). The highest BCUT2D eigenvalue weighted by Crippen LogP contribution is 2.37. The van der Waals surface area contributed by atoms with Crippen LogP contribution >= 0.6 is 0 Å². The number of nitrogens with one attached hydrogen (secondary N) is 2. The topological polar surface area (TPSA) is 133 Å². The van der Waals surface area contributed by atoms with Gasteiger partial charge in [-0.2, -0.15) is 0 Å². The summed E-state index contributed by atoms with van der Waals surface area (Å²) in [5, 5.41) is 13.0. The largest absolute Gasteiger partial charge is 0.465 e. The predicted molar refractivity (Wildman–Crippen MR) is 119 cm³/mol. The molecule has 0 aliphatic carbocycles. The van der Waals surface area contributed by atoms with Crippen LogP contribution < -0.4 is 5.32 Å². The minimum Gasteiger partial charge on any atom is -0.465 e. The summed E-state index contributed by atoms with van der Waals surface area (Å²) in [7, 11) is -2.18. The molecule has 1 aromatic carbocycles. The van der Waals surface area contributed by atoms with E-state index in [-0.39, 0.29) is 16.0 Å². The second kappa shape index (κ2) is 7.52. The molecule has 166 valence electrons. The van der Waals surface area contributed by atoms with Gasteiger partial charge in [-0.3, -0.25) is 0 Å². The fourth-order valence-corrected chi connectivity index (χ4v) is 5.73. The minimum atomic E-state index is -3.92. The van der Waals surface area contributed by atoms with Crippen molar-refractivity contribution in [3.63, 3.8) is 0 Å². The number of piperidine rings is 1. The maximum atomic E-state index is 13.5. The number of nitrogens with zero attached hydrogens (tertiary/aromatic N) is 4. The third-order valence-corrected chi connectivity index (χ3v) is 7.63. The van der Waals surface area contributed by atoms with Crippen molar-refractivity contribution < 1.29 is 18.3 Å². The molecular formula is C21H22N6O4S. The first-order valence-electron chi connectivity index (χ1n) is 10.3. The van der Waals surface area contributed by atoms with Gasteiger partial charge in [0.1, 0.15) is 11.2 Å². The molecule has 1 saturated heterocycles. The summed E-state index contributed by atoms with van der Waals surface area (Å²) in [4.78, 5) is 25.0. The van der Waals surface area contributed by atoms with Crippen LogP contribution in [0.4, 0.5) is 10.7 Å². The number of pyridine rings is 1. The van der Waals surface area contributed by atoms with Gasteiger partial charge in [0, 0.05) is 37.8 Å². The zero-order chi connectivity index (χ0) is 22.5. The lowest BCUT2D eigenvalue weighted by molar-refractivity contribution is 0.126. The Morgan fingerprint density at radius 2 is 1.88 bits per heavy atom. The van der Waals surface area contributed by atoms with Crippen molar-refractivity contribution in [1.82, 2.24) is 24.4 Å². The van der Waals surface area contributed by atoms with Crippen LogP contribution in [0.5, 0.6) is 0 Å². The van der Waals surface area contributed by atoms with Crippen molar-refractivity contribution in [2.75, 3.05) is 25.5 Å². The van der Waals surface area contributed by atoms with Crippen molar-refractivity contribution in [2.24, 2.45) is 0 Å². The fourth-order valence-electron chi connectivity index (χ4n) is 4.38. The zero-order valence-corrected chi connectivity index (χ0v) is 18.1. The quantitative estimate of drug-likeness (QED) is 0.431. The lowest BCUT2D eigenvalue weighted by atomic mass is 10.0. The van der Waals surface area contributed by atoms with E-state index in [1.54, 1.807) is 43.6 Å². The first-order valence-corrected chi connectivity index (χ1v) is 11.7. The summed E-state index contributed by atoms with van der Waals surface area (Å²) in [6.07, 6.45) is 1.99. The number of aromatic nitrogens is 4. The van der Waals surface area contributed by atoms with Crippen molar-refractivity contribution in [2.45, 2.75) is 28.8 Å². The highest BCUT2D eigenvalue weighted by Gasteiger charge is 2.31. The van der Waals surface area contributed by atoms with Gasteiger partial charge in [-0.1, -0.05) is 18.2 Å². The van der Waals surface area contributed by atoms with Crippen molar-refractivity contribution in [1.29, 1.82) is 0 Å². The number of anilines is 1. The number of fused-ring (bicyclic) bond motifs is 3. The molecule has 0 radical (unpaired) electrons. The predicted octanol–water partition coefficient (Wildman–Crippen LogP) is 3.10. The monoisotopic (exact) mass is 454 g/mol. The molecule has 1 amide bonds. The third-order valence-electron chi connectivity index (χ3n) is 5.94. The van der Waals surface area contributed by atoms with E-state index in [0.29, 0.717) is 48.6 Å². The van der Waals surface area contributed by atoms with E-state index in [2.05, 4.69) is 20.3 Å². The van der Waals surface area contributed by atoms with Crippen LogP contribution in [0.15, 0.2) is 52.5 Å². The SMILES string of the molecule is CNc1nc2c(S(=O)(=O)c3ccccc3)nc3[nH]ccc3c2n1C1CCN(C(=O)O)CC1. The van der Waals surface area contributed by atoms with Gasteiger partial charge < -0.3 is 24.9 Å².